The molecule has 0 aliphatic rings. The lowest BCUT2D eigenvalue weighted by Gasteiger charge is -2.14. The second kappa shape index (κ2) is 6.16. The number of rotatable bonds is 3. The molecule has 0 bridgehead atoms. The molecule has 140 valence electrons. The van der Waals surface area contributed by atoms with Crippen LogP contribution in [0.1, 0.15) is 16.2 Å². The Morgan fingerprint density at radius 2 is 1.85 bits per heavy atom. The molecule has 0 N–H and O–H groups in total. The smallest absolute Gasteiger partial charge is 0.431 e. The van der Waals surface area contributed by atoms with Crippen LogP contribution in [0.3, 0.4) is 0 Å². The van der Waals surface area contributed by atoms with Gasteiger partial charge < -0.3 is 9.90 Å². The molecule has 0 aliphatic carbocycles. The van der Waals surface area contributed by atoms with E-state index in [0.717, 1.165) is 24.6 Å². The number of aromatic nitrogens is 3. The first-order valence-electron chi connectivity index (χ1n) is 7.08. The molecular weight excluding hydrogens is 391 g/mol. The molecule has 3 rings (SSSR count). The normalized spacial score (nSPS) is 11.7. The first kappa shape index (κ1) is 18.5. The molecule has 2 aromatic heterocycles. The van der Waals surface area contributed by atoms with Gasteiger partial charge in [-0.3, -0.25) is 14.2 Å². The predicted octanol–water partition coefficient (Wildman–Crippen LogP) is 0.0973. The Morgan fingerprint density at radius 3 is 2.44 bits per heavy atom. The lowest BCUT2D eigenvalue weighted by molar-refractivity contribution is -0.296. The fourth-order valence-corrected chi connectivity index (χ4v) is 3.22. The first-order valence-corrected chi connectivity index (χ1v) is 7.85. The summed E-state index contributed by atoms with van der Waals surface area (Å²) in [5.74, 6) is -3.39. The maximum absolute atomic E-state index is 12.9. The van der Waals surface area contributed by atoms with Crippen molar-refractivity contribution in [3.05, 3.63) is 56.5 Å². The van der Waals surface area contributed by atoms with E-state index in [1.54, 1.807) is 0 Å². The Balaban J connectivity index is 2.28. The minimum atomic E-state index is -4.90. The van der Waals surface area contributed by atoms with Crippen LogP contribution in [0.2, 0.25) is 0 Å². The van der Waals surface area contributed by atoms with E-state index in [-0.39, 0.29) is 21.7 Å². The van der Waals surface area contributed by atoms with Gasteiger partial charge in [-0.2, -0.15) is 17.5 Å². The van der Waals surface area contributed by atoms with Crippen LogP contribution in [0, 0.1) is 0 Å². The van der Waals surface area contributed by atoms with Gasteiger partial charge in [0.1, 0.15) is 17.4 Å². The summed E-state index contributed by atoms with van der Waals surface area (Å²) in [5.41, 5.74) is -4.51. The van der Waals surface area contributed by atoms with Crippen molar-refractivity contribution in [3.8, 4) is 5.69 Å². The molecule has 27 heavy (non-hydrogen) atoms. The minimum absolute atomic E-state index is 0.0283. The highest BCUT2D eigenvalue weighted by molar-refractivity contribution is 7.13. The number of nitrogens with zero attached hydrogens (tertiary/aromatic N) is 3. The van der Waals surface area contributed by atoms with Crippen molar-refractivity contribution in [2.45, 2.75) is 6.18 Å². The highest BCUT2D eigenvalue weighted by Crippen LogP contribution is 2.28. The molecule has 0 saturated heterocycles. The van der Waals surface area contributed by atoms with E-state index < -0.39 is 40.6 Å². The molecule has 0 fully saturated rings. The number of hydrogen-bond donors (Lipinski definition) is 0. The number of ketones is 1. The summed E-state index contributed by atoms with van der Waals surface area (Å²) >= 11 is 0.800. The molecule has 0 atom stereocenters. The minimum Gasteiger partial charge on any atom is -0.541 e. The quantitative estimate of drug-likeness (QED) is 0.457. The number of carbonyl (C=O) groups excluding carboxylic acids is 2. The summed E-state index contributed by atoms with van der Waals surface area (Å²) in [6.07, 6.45) is -4.90. The molecule has 0 unspecified atom stereocenters. The van der Waals surface area contributed by atoms with Gasteiger partial charge in [-0.25, -0.2) is 9.36 Å². The maximum Gasteiger partial charge on any atom is 0.431 e. The molecule has 2 heterocycles. The molecule has 8 nitrogen and oxygen atoms in total. The van der Waals surface area contributed by atoms with Crippen molar-refractivity contribution in [1.29, 1.82) is 0 Å². The second-order valence-electron chi connectivity index (χ2n) is 5.37. The van der Waals surface area contributed by atoms with Crippen LogP contribution in [0.5, 0.6) is 0 Å². The van der Waals surface area contributed by atoms with Gasteiger partial charge in [0, 0.05) is 18.5 Å². The van der Waals surface area contributed by atoms with E-state index in [9.17, 15) is 37.5 Å². The Labute approximate surface area is 150 Å². The number of hydrogen-bond acceptors (Lipinski definition) is 7. The molecule has 0 radical (unpaired) electrons. The van der Waals surface area contributed by atoms with Crippen molar-refractivity contribution in [2.24, 2.45) is 7.05 Å². The zero-order valence-corrected chi connectivity index (χ0v) is 14.1. The predicted molar refractivity (Wildman–Crippen MR) is 84.8 cm³/mol. The van der Waals surface area contributed by atoms with Crippen molar-refractivity contribution >= 4 is 33.4 Å². The average molecular weight is 398 g/mol. The van der Waals surface area contributed by atoms with Crippen LogP contribution in [-0.2, 0) is 18.0 Å². The Hall–Kier alpha value is -3.28. The number of carboxylic acids is 1. The zero-order valence-electron chi connectivity index (χ0n) is 13.2. The fraction of sp³-hybridized carbons (Fsp3) is 0.133. The van der Waals surface area contributed by atoms with Gasteiger partial charge in [-0.15, -0.1) is 0 Å². The lowest BCUT2D eigenvalue weighted by atomic mass is 10.1. The highest BCUT2D eigenvalue weighted by Gasteiger charge is 2.35. The van der Waals surface area contributed by atoms with E-state index in [1.807, 2.05) is 0 Å². The van der Waals surface area contributed by atoms with Gasteiger partial charge in [-0.05, 0) is 29.7 Å². The van der Waals surface area contributed by atoms with Gasteiger partial charge >= 0.3 is 11.9 Å². The van der Waals surface area contributed by atoms with Gasteiger partial charge in [0.2, 0.25) is 5.78 Å². The molecule has 0 spiro atoms. The number of aliphatic carboxylic acids is 1. The third-order valence-corrected chi connectivity index (χ3v) is 4.55. The van der Waals surface area contributed by atoms with Gasteiger partial charge in [0.15, 0.2) is 0 Å². The van der Waals surface area contributed by atoms with Crippen LogP contribution in [0.4, 0.5) is 13.2 Å². The van der Waals surface area contributed by atoms with Gasteiger partial charge in [0.05, 0.1) is 10.4 Å². The lowest BCUT2D eigenvalue weighted by Crippen LogP contribution is -2.40. The third-order valence-electron chi connectivity index (χ3n) is 3.72. The van der Waals surface area contributed by atoms with Gasteiger partial charge in [0.25, 0.3) is 5.56 Å². The van der Waals surface area contributed by atoms with Crippen molar-refractivity contribution in [1.82, 2.24) is 13.5 Å². The number of benzene rings is 1. The van der Waals surface area contributed by atoms with Crippen LogP contribution in [0.25, 0.3) is 15.8 Å². The largest absolute Gasteiger partial charge is 0.541 e. The number of carbonyl (C=O) groups is 2. The summed E-state index contributed by atoms with van der Waals surface area (Å²) in [6.45, 7) is 0. The Morgan fingerprint density at radius 1 is 1.19 bits per heavy atom. The summed E-state index contributed by atoms with van der Waals surface area (Å²) < 4.78 is 43.6. The summed E-state index contributed by atoms with van der Waals surface area (Å²) in [5, 5.41) is 10.8. The summed E-state index contributed by atoms with van der Waals surface area (Å²) in [4.78, 5) is 46.8. The molecular formula is C15H7F3N3O5S-. The summed E-state index contributed by atoms with van der Waals surface area (Å²) in [6, 6.07) is 4.03. The van der Waals surface area contributed by atoms with Gasteiger partial charge in [-0.1, -0.05) is 0 Å². The number of fused-ring (bicyclic) bond motifs is 1. The summed E-state index contributed by atoms with van der Waals surface area (Å²) in [7, 11) is 0.858. The molecule has 12 heteroatoms. The fourth-order valence-electron chi connectivity index (χ4n) is 2.46. The number of alkyl halides is 3. The topological polar surface area (TPSA) is 114 Å². The number of carboxylic acid groups (broad SMARTS) is 1. The standard InChI is InChI=1S/C15H8F3N3O5S/c1-20-9(15(16,17)18)5-10(22)21(14(20)26)6-2-3-8-7(4-6)11(19-27-8)12(23)13(24)25/h2-5H,1H3,(H,24,25)/p-1. The maximum atomic E-state index is 12.9. The van der Waals surface area contributed by atoms with E-state index in [4.69, 9.17) is 0 Å². The van der Waals surface area contributed by atoms with Crippen molar-refractivity contribution < 1.29 is 27.9 Å². The Kier molecular flexibility index (Phi) is 4.22. The van der Waals surface area contributed by atoms with E-state index in [0.29, 0.717) is 9.27 Å². The van der Waals surface area contributed by atoms with Crippen LogP contribution in [0.15, 0.2) is 33.9 Å². The Bertz CT molecular complexity index is 1220. The van der Waals surface area contributed by atoms with Crippen LogP contribution >= 0.6 is 11.5 Å². The van der Waals surface area contributed by atoms with Crippen LogP contribution < -0.4 is 16.4 Å². The average Bonchev–Trinajstić information content (AvgIpc) is 2.99. The van der Waals surface area contributed by atoms with E-state index in [2.05, 4.69) is 4.37 Å². The number of halogens is 3. The molecule has 1 aromatic carbocycles. The molecule has 0 aliphatic heterocycles. The monoisotopic (exact) mass is 398 g/mol. The third kappa shape index (κ3) is 3.03. The molecule has 0 amide bonds. The zero-order chi connectivity index (χ0) is 20.1. The van der Waals surface area contributed by atoms with Crippen molar-refractivity contribution in [2.75, 3.05) is 0 Å². The first-order chi connectivity index (χ1) is 12.5. The van der Waals surface area contributed by atoms with Crippen LogP contribution in [-0.4, -0.2) is 25.3 Å². The molecule has 3 aromatic rings. The second-order valence-corrected chi connectivity index (χ2v) is 6.18. The molecule has 0 saturated carbocycles. The highest BCUT2D eigenvalue weighted by atomic mass is 32.1. The number of Topliss-reactive ketones (excluding diaryl/α,β-unsaturated/α-hetero) is 1. The van der Waals surface area contributed by atoms with Crippen molar-refractivity contribution in [3.63, 3.8) is 0 Å². The van der Waals surface area contributed by atoms with E-state index >= 15 is 0 Å². The van der Waals surface area contributed by atoms with E-state index in [1.165, 1.54) is 12.1 Å². The SMILES string of the molecule is Cn1c(C(F)(F)F)cc(=O)n(-c2ccc3snc(C(=O)C(=O)[O-])c3c2)c1=O.